The predicted molar refractivity (Wildman–Crippen MR) is 28.1 cm³/mol. The van der Waals surface area contributed by atoms with Crippen LogP contribution in [0.25, 0.3) is 0 Å². The maximum Gasteiger partial charge on any atom is 2.00 e. The fraction of sp³-hybridized carbons (Fsp3) is 0.500. The second kappa shape index (κ2) is 6.62. The first-order chi connectivity index (χ1) is 2.81. The van der Waals surface area contributed by atoms with Gasteiger partial charge in [-0.25, -0.2) is 0 Å². The van der Waals surface area contributed by atoms with Crippen LogP contribution in [0.1, 0.15) is 20.3 Å². The van der Waals surface area contributed by atoms with Crippen LogP contribution in [0.2, 0.25) is 0 Å². The molecule has 0 nitrogen and oxygen atoms in total. The van der Waals surface area contributed by atoms with Gasteiger partial charge in [0.1, 0.15) is 0 Å². The molecule has 7 heavy (non-hydrogen) atoms. The molecule has 0 aliphatic carbocycles. The average Bonchev–Trinajstić information content (AvgIpc) is 1.65. The Balaban J connectivity index is 0. The molecule has 0 aromatic heterocycles. The zero-order chi connectivity index (χ0) is 4.99. The summed E-state index contributed by atoms with van der Waals surface area (Å²) < 4.78 is 0. The van der Waals surface area contributed by atoms with E-state index in [1.54, 1.807) is 0 Å². The maximum atomic E-state index is 3.66. The van der Waals surface area contributed by atoms with Crippen LogP contribution in [0, 0.1) is 13.0 Å². The van der Waals surface area contributed by atoms with Gasteiger partial charge in [-0.15, -0.1) is 0 Å². The molecule has 0 radical (unpaired) electrons. The standard InChI is InChI=1S/C6H10.Zr/c1-4-6(3)5-2;/h1,4H2,2-3H3;/q-2;+2. The van der Waals surface area contributed by atoms with Crippen molar-refractivity contribution in [2.24, 2.45) is 0 Å². The Hall–Kier alpha value is 0.623. The summed E-state index contributed by atoms with van der Waals surface area (Å²) in [5.41, 5.74) is 1.23. The Morgan fingerprint density at radius 2 is 2.14 bits per heavy atom. The van der Waals surface area contributed by atoms with Crippen molar-refractivity contribution in [3.63, 3.8) is 0 Å². The third-order valence-electron chi connectivity index (χ3n) is 0.802. The molecule has 0 saturated heterocycles. The smallest absolute Gasteiger partial charge is 0.503 e. The van der Waals surface area contributed by atoms with Gasteiger partial charge in [-0.05, 0) is 0 Å². The normalized spacial score (nSPS) is 10.4. The number of rotatable bonds is 1. The number of hydrogen-bond acceptors (Lipinski definition) is 0. The van der Waals surface area contributed by atoms with Crippen molar-refractivity contribution in [2.75, 3.05) is 0 Å². The van der Waals surface area contributed by atoms with Crippen LogP contribution in [-0.2, 0) is 26.2 Å². The fourth-order valence-electron chi connectivity index (χ4n) is 0.125. The van der Waals surface area contributed by atoms with Crippen LogP contribution in [-0.4, -0.2) is 0 Å². The average molecular weight is 173 g/mol. The zero-order valence-corrected chi connectivity index (χ0v) is 7.37. The molecular formula is C6H10Zr. The van der Waals surface area contributed by atoms with E-state index in [0.29, 0.717) is 0 Å². The van der Waals surface area contributed by atoms with Gasteiger partial charge in [0, 0.05) is 0 Å². The van der Waals surface area contributed by atoms with Gasteiger partial charge in [-0.2, -0.15) is 13.3 Å². The van der Waals surface area contributed by atoms with Crippen LogP contribution >= 0.6 is 0 Å². The van der Waals surface area contributed by atoms with E-state index in [-0.39, 0.29) is 26.2 Å². The maximum absolute atomic E-state index is 3.66. The Morgan fingerprint density at radius 1 is 1.71 bits per heavy atom. The van der Waals surface area contributed by atoms with Crippen molar-refractivity contribution in [1.82, 2.24) is 0 Å². The van der Waals surface area contributed by atoms with Gasteiger partial charge in [-0.1, -0.05) is 6.92 Å². The van der Waals surface area contributed by atoms with E-state index < -0.39 is 0 Å². The summed E-state index contributed by atoms with van der Waals surface area (Å²) in [4.78, 5) is 0. The summed E-state index contributed by atoms with van der Waals surface area (Å²) in [6.07, 6.45) is 3.85. The first-order valence-electron chi connectivity index (χ1n) is 2.10. The van der Waals surface area contributed by atoms with Crippen LogP contribution in [0.3, 0.4) is 0 Å². The van der Waals surface area contributed by atoms with Crippen LogP contribution < -0.4 is 0 Å². The van der Waals surface area contributed by atoms with Crippen molar-refractivity contribution >= 4 is 0 Å². The number of hydrogen-bond donors (Lipinski definition) is 0. The van der Waals surface area contributed by atoms with Gasteiger partial charge < -0.3 is 13.0 Å². The summed E-state index contributed by atoms with van der Waals surface area (Å²) in [6.45, 7) is 7.58. The third kappa shape index (κ3) is 6.62. The van der Waals surface area contributed by atoms with Gasteiger partial charge in [0.25, 0.3) is 0 Å². The zero-order valence-electron chi connectivity index (χ0n) is 4.91. The van der Waals surface area contributed by atoms with Crippen molar-refractivity contribution in [3.8, 4) is 0 Å². The van der Waals surface area contributed by atoms with Crippen LogP contribution in [0.5, 0.6) is 0 Å². The van der Waals surface area contributed by atoms with E-state index in [4.69, 9.17) is 0 Å². The van der Waals surface area contributed by atoms with Crippen molar-refractivity contribution in [2.45, 2.75) is 20.3 Å². The molecule has 0 amide bonds. The third-order valence-corrected chi connectivity index (χ3v) is 0.802. The van der Waals surface area contributed by atoms with E-state index in [2.05, 4.69) is 13.0 Å². The molecule has 0 aromatic rings. The molecule has 0 rings (SSSR count). The second-order valence-corrected chi connectivity index (χ2v) is 1.28. The van der Waals surface area contributed by atoms with Gasteiger partial charge in [0.2, 0.25) is 0 Å². The minimum Gasteiger partial charge on any atom is -0.503 e. The summed E-state index contributed by atoms with van der Waals surface area (Å²) in [7, 11) is 0. The molecule has 0 unspecified atom stereocenters. The molecule has 0 heterocycles. The molecule has 0 aromatic carbocycles. The Bertz CT molecular complexity index is 55.2. The van der Waals surface area contributed by atoms with Crippen molar-refractivity contribution in [3.05, 3.63) is 18.6 Å². The second-order valence-electron chi connectivity index (χ2n) is 1.28. The van der Waals surface area contributed by atoms with Gasteiger partial charge >= 0.3 is 26.2 Å². The van der Waals surface area contributed by atoms with Crippen molar-refractivity contribution < 1.29 is 26.2 Å². The van der Waals surface area contributed by atoms with Gasteiger partial charge in [0.05, 0.1) is 0 Å². The quantitative estimate of drug-likeness (QED) is 0.532. The molecule has 0 spiro atoms. The largest absolute Gasteiger partial charge is 2.00 e. The number of allylic oxidation sites excluding steroid dienone is 2. The minimum atomic E-state index is 0. The summed E-state index contributed by atoms with van der Waals surface area (Å²) in [5.74, 6) is 0. The molecule has 38 valence electrons. The first-order valence-corrected chi connectivity index (χ1v) is 2.10. The van der Waals surface area contributed by atoms with Crippen molar-refractivity contribution in [1.29, 1.82) is 0 Å². The van der Waals surface area contributed by atoms with E-state index in [1.165, 1.54) is 5.57 Å². The first kappa shape index (κ1) is 10.6. The summed E-state index contributed by atoms with van der Waals surface area (Å²) in [6, 6.07) is 0. The van der Waals surface area contributed by atoms with Crippen LogP contribution in [0.4, 0.5) is 0 Å². The molecule has 0 bridgehead atoms. The molecule has 1 heteroatoms. The van der Waals surface area contributed by atoms with Gasteiger partial charge in [0.15, 0.2) is 0 Å². The molecule has 0 fully saturated rings. The van der Waals surface area contributed by atoms with E-state index in [0.717, 1.165) is 6.42 Å². The van der Waals surface area contributed by atoms with Gasteiger partial charge in [-0.3, -0.25) is 5.57 Å². The molecule has 0 atom stereocenters. The molecule has 0 saturated carbocycles. The topological polar surface area (TPSA) is 0 Å². The Labute approximate surface area is 65.1 Å². The Morgan fingerprint density at radius 3 is 2.14 bits per heavy atom. The SMILES string of the molecule is [CH2-]CC(C)=[C-]C.[Zr+2]. The monoisotopic (exact) mass is 172 g/mol. The van der Waals surface area contributed by atoms with E-state index >= 15 is 0 Å². The summed E-state index contributed by atoms with van der Waals surface area (Å²) >= 11 is 0. The van der Waals surface area contributed by atoms with E-state index in [9.17, 15) is 0 Å². The summed E-state index contributed by atoms with van der Waals surface area (Å²) in [5, 5.41) is 0. The molecule has 0 N–H and O–H groups in total. The van der Waals surface area contributed by atoms with Crippen LogP contribution in [0.15, 0.2) is 5.57 Å². The fourth-order valence-corrected chi connectivity index (χ4v) is 0.125. The predicted octanol–water partition coefficient (Wildman–Crippen LogP) is 1.98. The molecule has 0 aliphatic heterocycles. The minimum absolute atomic E-state index is 0. The Kier molecular flexibility index (Phi) is 10.0. The van der Waals surface area contributed by atoms with E-state index in [1.807, 2.05) is 13.8 Å². The molecular weight excluding hydrogens is 163 g/mol. The molecule has 0 aliphatic rings.